The minimum atomic E-state index is -0.484. The van der Waals surface area contributed by atoms with Crippen LogP contribution in [0.2, 0.25) is 0 Å². The molecule has 0 radical (unpaired) electrons. The molecule has 1 heterocycles. The first kappa shape index (κ1) is 16.0. The number of benzene rings is 1. The summed E-state index contributed by atoms with van der Waals surface area (Å²) >= 11 is 1.37. The molecule has 0 saturated carbocycles. The molecule has 0 aliphatic carbocycles. The molecule has 0 aliphatic heterocycles. The van der Waals surface area contributed by atoms with Gasteiger partial charge in [0.1, 0.15) is 5.03 Å². The van der Waals surface area contributed by atoms with Gasteiger partial charge in [-0.05, 0) is 49.7 Å². The number of nitrogens with zero attached hydrogens (tertiary/aromatic N) is 1. The molecule has 0 aliphatic rings. The van der Waals surface area contributed by atoms with Crippen molar-refractivity contribution in [1.82, 2.24) is 4.98 Å². The van der Waals surface area contributed by atoms with Crippen LogP contribution in [0, 0.1) is 13.8 Å². The van der Waals surface area contributed by atoms with E-state index < -0.39 is 5.91 Å². The molecule has 0 unspecified atom stereocenters. The third-order valence-electron chi connectivity index (χ3n) is 2.95. The summed E-state index contributed by atoms with van der Waals surface area (Å²) in [6, 6.07) is 9.16. The first-order valence-electron chi connectivity index (χ1n) is 6.70. The van der Waals surface area contributed by atoms with Gasteiger partial charge in [-0.1, -0.05) is 11.8 Å². The van der Waals surface area contributed by atoms with E-state index in [1.54, 1.807) is 12.1 Å². The van der Waals surface area contributed by atoms with Gasteiger partial charge in [-0.2, -0.15) is 0 Å². The zero-order valence-electron chi connectivity index (χ0n) is 12.6. The summed E-state index contributed by atoms with van der Waals surface area (Å²) < 4.78 is 0. The van der Waals surface area contributed by atoms with E-state index in [4.69, 9.17) is 5.73 Å². The minimum absolute atomic E-state index is 0.118. The largest absolute Gasteiger partial charge is 0.366 e. The second-order valence-electron chi connectivity index (χ2n) is 4.93. The van der Waals surface area contributed by atoms with Crippen molar-refractivity contribution >= 4 is 29.3 Å². The Balaban J connectivity index is 2.30. The number of aromatic nitrogens is 1. The van der Waals surface area contributed by atoms with Crippen molar-refractivity contribution in [3.05, 3.63) is 47.2 Å². The van der Waals surface area contributed by atoms with E-state index in [0.29, 0.717) is 10.6 Å². The fourth-order valence-electron chi connectivity index (χ4n) is 2.10. The van der Waals surface area contributed by atoms with Gasteiger partial charge in [0.05, 0.1) is 5.56 Å². The first-order chi connectivity index (χ1) is 10.4. The van der Waals surface area contributed by atoms with Crippen molar-refractivity contribution in [3.8, 4) is 0 Å². The topological polar surface area (TPSA) is 85.1 Å². The summed E-state index contributed by atoms with van der Waals surface area (Å²) in [6.07, 6.45) is 0. The van der Waals surface area contributed by atoms with Crippen molar-refractivity contribution in [1.29, 1.82) is 0 Å². The Labute approximate surface area is 133 Å². The van der Waals surface area contributed by atoms with Gasteiger partial charge in [-0.3, -0.25) is 9.59 Å². The lowest BCUT2D eigenvalue weighted by Crippen LogP contribution is -2.15. The van der Waals surface area contributed by atoms with E-state index in [1.807, 2.05) is 32.0 Å². The number of anilines is 1. The molecule has 2 aromatic rings. The molecule has 3 N–H and O–H groups in total. The number of carbonyl (C=O) groups is 2. The number of nitrogens with two attached hydrogens (primary N) is 1. The smallest absolute Gasteiger partial charge is 0.251 e. The average molecular weight is 315 g/mol. The van der Waals surface area contributed by atoms with Crippen LogP contribution in [0.5, 0.6) is 0 Å². The molecule has 0 bridgehead atoms. The lowest BCUT2D eigenvalue weighted by molar-refractivity contribution is -0.114. The monoisotopic (exact) mass is 315 g/mol. The number of aryl methyl sites for hydroxylation is 2. The Morgan fingerprint density at radius 2 is 1.82 bits per heavy atom. The Morgan fingerprint density at radius 3 is 2.36 bits per heavy atom. The number of pyridine rings is 1. The normalized spacial score (nSPS) is 10.3. The molecular formula is C16H17N3O2S. The highest BCUT2D eigenvalue weighted by molar-refractivity contribution is 7.99. The Hall–Kier alpha value is -2.34. The highest BCUT2D eigenvalue weighted by Crippen LogP contribution is 2.31. The van der Waals surface area contributed by atoms with Crippen molar-refractivity contribution in [2.45, 2.75) is 30.7 Å². The quantitative estimate of drug-likeness (QED) is 0.908. The van der Waals surface area contributed by atoms with Crippen LogP contribution in [0.15, 0.2) is 40.3 Å². The van der Waals surface area contributed by atoms with Crippen LogP contribution in [0.25, 0.3) is 0 Å². The zero-order chi connectivity index (χ0) is 16.3. The van der Waals surface area contributed by atoms with Gasteiger partial charge in [0.2, 0.25) is 5.91 Å². The van der Waals surface area contributed by atoms with E-state index in [0.717, 1.165) is 21.8 Å². The second-order valence-corrected chi connectivity index (χ2v) is 5.99. The van der Waals surface area contributed by atoms with Crippen molar-refractivity contribution < 1.29 is 9.59 Å². The highest BCUT2D eigenvalue weighted by Gasteiger charge is 2.15. The van der Waals surface area contributed by atoms with Crippen LogP contribution < -0.4 is 11.1 Å². The summed E-state index contributed by atoms with van der Waals surface area (Å²) in [7, 11) is 0. The maximum atomic E-state index is 11.6. The molecule has 0 saturated heterocycles. The molecule has 1 aromatic carbocycles. The fraction of sp³-hybridized carbons (Fsp3) is 0.188. The molecule has 2 rings (SSSR count). The summed E-state index contributed by atoms with van der Waals surface area (Å²) in [5, 5.41) is 3.30. The van der Waals surface area contributed by atoms with Crippen molar-refractivity contribution in [2.24, 2.45) is 5.73 Å². The van der Waals surface area contributed by atoms with Gasteiger partial charge in [0.25, 0.3) is 5.91 Å². The predicted molar refractivity (Wildman–Crippen MR) is 87.1 cm³/mol. The third kappa shape index (κ3) is 3.85. The maximum absolute atomic E-state index is 11.6. The van der Waals surface area contributed by atoms with Gasteiger partial charge < -0.3 is 11.1 Å². The number of primary amides is 1. The van der Waals surface area contributed by atoms with Crippen LogP contribution in [0.4, 0.5) is 5.69 Å². The third-order valence-corrected chi connectivity index (χ3v) is 3.94. The lowest BCUT2D eigenvalue weighted by atomic mass is 10.1. The summed E-state index contributed by atoms with van der Waals surface area (Å²) in [4.78, 5) is 28.0. The Morgan fingerprint density at radius 1 is 1.18 bits per heavy atom. The van der Waals surface area contributed by atoms with E-state index in [2.05, 4.69) is 10.3 Å². The van der Waals surface area contributed by atoms with Crippen LogP contribution in [-0.2, 0) is 4.79 Å². The molecule has 0 fully saturated rings. The van der Waals surface area contributed by atoms with E-state index in [-0.39, 0.29) is 5.91 Å². The molecular weight excluding hydrogens is 298 g/mol. The van der Waals surface area contributed by atoms with Gasteiger partial charge in [-0.15, -0.1) is 0 Å². The summed E-state index contributed by atoms with van der Waals surface area (Å²) in [6.45, 7) is 5.18. The first-order valence-corrected chi connectivity index (χ1v) is 7.52. The molecule has 114 valence electrons. The van der Waals surface area contributed by atoms with Crippen molar-refractivity contribution in [2.75, 3.05) is 5.32 Å². The summed E-state index contributed by atoms with van der Waals surface area (Å²) in [5.41, 5.74) is 8.28. The van der Waals surface area contributed by atoms with Gasteiger partial charge in [-0.25, -0.2) is 4.98 Å². The molecule has 22 heavy (non-hydrogen) atoms. The van der Waals surface area contributed by atoms with Crippen LogP contribution in [-0.4, -0.2) is 16.8 Å². The number of carbonyl (C=O) groups excluding carboxylic acids is 2. The Bertz CT molecular complexity index is 727. The van der Waals surface area contributed by atoms with Crippen LogP contribution >= 0.6 is 11.8 Å². The number of hydrogen-bond acceptors (Lipinski definition) is 4. The van der Waals surface area contributed by atoms with Crippen molar-refractivity contribution in [3.63, 3.8) is 0 Å². The highest BCUT2D eigenvalue weighted by atomic mass is 32.2. The fourth-order valence-corrected chi connectivity index (χ4v) is 3.15. The predicted octanol–water partition coefficient (Wildman–Crippen LogP) is 2.91. The number of hydrogen-bond donors (Lipinski definition) is 2. The van der Waals surface area contributed by atoms with Gasteiger partial charge in [0, 0.05) is 23.2 Å². The Kier molecular flexibility index (Phi) is 4.82. The van der Waals surface area contributed by atoms with Gasteiger partial charge >= 0.3 is 0 Å². The lowest BCUT2D eigenvalue weighted by Gasteiger charge is -2.10. The maximum Gasteiger partial charge on any atom is 0.251 e. The van der Waals surface area contributed by atoms with E-state index in [9.17, 15) is 9.59 Å². The average Bonchev–Trinajstić information content (AvgIpc) is 2.39. The molecule has 5 nitrogen and oxygen atoms in total. The molecule has 0 spiro atoms. The van der Waals surface area contributed by atoms with E-state index >= 15 is 0 Å². The minimum Gasteiger partial charge on any atom is -0.366 e. The number of rotatable bonds is 4. The van der Waals surface area contributed by atoms with E-state index in [1.165, 1.54) is 18.7 Å². The molecule has 6 heteroatoms. The molecule has 0 atom stereocenters. The summed E-state index contributed by atoms with van der Waals surface area (Å²) in [5.74, 6) is -0.602. The molecule has 2 amide bonds. The number of nitrogens with one attached hydrogen (secondary N) is 1. The number of amides is 2. The van der Waals surface area contributed by atoms with Crippen LogP contribution in [0.1, 0.15) is 28.5 Å². The zero-order valence-corrected chi connectivity index (χ0v) is 13.5. The van der Waals surface area contributed by atoms with Gasteiger partial charge in [0.15, 0.2) is 0 Å². The van der Waals surface area contributed by atoms with Crippen LogP contribution in [0.3, 0.4) is 0 Å². The standard InChI is InChI=1S/C16H17N3O2S/c1-9-8-10(2)18-16(14(9)15(17)21)22-13-6-4-12(5-7-13)19-11(3)20/h4-8H,1-3H3,(H2,17,21)(H,19,20). The molecule has 1 aromatic heterocycles. The SMILES string of the molecule is CC(=O)Nc1ccc(Sc2nc(C)cc(C)c2C(N)=O)cc1. The second kappa shape index (κ2) is 6.62.